The molecule has 0 fully saturated rings. The number of nitrogens with zero attached hydrogens (tertiary/aromatic N) is 1. The van der Waals surface area contributed by atoms with Crippen molar-refractivity contribution < 1.29 is 32.0 Å². The van der Waals surface area contributed by atoms with Crippen molar-refractivity contribution in [3.05, 3.63) is 65.0 Å². The highest BCUT2D eigenvalue weighted by molar-refractivity contribution is 7.89. The highest BCUT2D eigenvalue weighted by atomic mass is 32.2. The van der Waals surface area contributed by atoms with Crippen LogP contribution in [0, 0.1) is 5.82 Å². The predicted molar refractivity (Wildman–Crippen MR) is 89.6 cm³/mol. The minimum absolute atomic E-state index is 0.0410. The number of hydroxylamine groups is 2. The maximum atomic E-state index is 14.0. The van der Waals surface area contributed by atoms with Crippen molar-refractivity contribution in [1.82, 2.24) is 9.79 Å². The molecule has 2 aromatic rings. The Bertz CT molecular complexity index is 1030. The van der Waals surface area contributed by atoms with Crippen LogP contribution in [0.2, 0.25) is 0 Å². The number of nitrogens with one attached hydrogen (secondary N) is 1. The van der Waals surface area contributed by atoms with Crippen molar-refractivity contribution in [3.63, 3.8) is 0 Å². The van der Waals surface area contributed by atoms with E-state index in [0.717, 1.165) is 18.2 Å². The van der Waals surface area contributed by atoms with Gasteiger partial charge in [0.25, 0.3) is 11.8 Å². The molecule has 0 saturated heterocycles. The maximum Gasteiger partial charge on any atom is 0.366 e. The number of imide groups is 1. The third kappa shape index (κ3) is 3.32. The van der Waals surface area contributed by atoms with Crippen LogP contribution >= 0.6 is 0 Å². The minimum atomic E-state index is -3.95. The monoisotopic (exact) mass is 392 g/mol. The van der Waals surface area contributed by atoms with E-state index in [0.29, 0.717) is 0 Å². The summed E-state index contributed by atoms with van der Waals surface area (Å²) in [5, 5.41) is 0.220. The van der Waals surface area contributed by atoms with Crippen LogP contribution in [0.15, 0.2) is 47.4 Å². The quantitative estimate of drug-likeness (QED) is 0.772. The van der Waals surface area contributed by atoms with Crippen LogP contribution in [0.25, 0.3) is 0 Å². The second-order valence-electron chi connectivity index (χ2n) is 5.47. The first-order chi connectivity index (χ1) is 12.8. The van der Waals surface area contributed by atoms with Crippen molar-refractivity contribution in [3.8, 4) is 0 Å². The Morgan fingerprint density at radius 2 is 1.70 bits per heavy atom. The van der Waals surface area contributed by atoms with Crippen LogP contribution in [-0.4, -0.2) is 37.8 Å². The van der Waals surface area contributed by atoms with Gasteiger partial charge in [0.2, 0.25) is 10.0 Å². The Kier molecular flexibility index (Phi) is 4.77. The van der Waals surface area contributed by atoms with Gasteiger partial charge in [0, 0.05) is 6.54 Å². The molecule has 3 rings (SSSR count). The minimum Gasteiger partial charge on any atom is -0.324 e. The van der Waals surface area contributed by atoms with Crippen LogP contribution in [0.4, 0.5) is 4.39 Å². The van der Waals surface area contributed by atoms with Gasteiger partial charge in [0.1, 0.15) is 5.82 Å². The predicted octanol–water partition coefficient (Wildman–Crippen LogP) is 1.49. The van der Waals surface area contributed by atoms with Gasteiger partial charge in [0.05, 0.1) is 21.6 Å². The molecule has 1 heterocycles. The smallest absolute Gasteiger partial charge is 0.324 e. The molecule has 2 aromatic carbocycles. The average Bonchev–Trinajstić information content (AvgIpc) is 2.87. The van der Waals surface area contributed by atoms with Crippen molar-refractivity contribution in [1.29, 1.82) is 0 Å². The molecule has 0 aliphatic carbocycles. The first kappa shape index (κ1) is 18.7. The number of benzene rings is 2. The molecule has 27 heavy (non-hydrogen) atoms. The summed E-state index contributed by atoms with van der Waals surface area (Å²) in [6.07, 6.45) is 0. The van der Waals surface area contributed by atoms with E-state index in [1.807, 2.05) is 0 Å². The molecule has 1 aliphatic heterocycles. The Hall–Kier alpha value is -3.11. The lowest BCUT2D eigenvalue weighted by Gasteiger charge is -2.13. The number of carbonyl (C=O) groups is 3. The van der Waals surface area contributed by atoms with Gasteiger partial charge in [-0.3, -0.25) is 9.59 Å². The molecular formula is C17H13FN2O6S. The van der Waals surface area contributed by atoms with Crippen LogP contribution in [0.1, 0.15) is 38.0 Å². The van der Waals surface area contributed by atoms with Gasteiger partial charge in [-0.2, -0.15) is 0 Å². The van der Waals surface area contributed by atoms with Crippen LogP contribution in [0.3, 0.4) is 0 Å². The summed E-state index contributed by atoms with van der Waals surface area (Å²) in [6.45, 7) is 1.65. The molecule has 0 spiro atoms. The lowest BCUT2D eigenvalue weighted by molar-refractivity contribution is -0.0587. The van der Waals surface area contributed by atoms with E-state index in [9.17, 15) is 27.2 Å². The Morgan fingerprint density at radius 1 is 1.11 bits per heavy atom. The first-order valence-corrected chi connectivity index (χ1v) is 9.24. The molecule has 8 nitrogen and oxygen atoms in total. The number of carbonyl (C=O) groups excluding carboxylic acids is 3. The second-order valence-corrected chi connectivity index (χ2v) is 7.24. The number of hydrogen-bond donors (Lipinski definition) is 1. The molecule has 0 saturated carbocycles. The molecule has 0 aromatic heterocycles. The van der Waals surface area contributed by atoms with Gasteiger partial charge in [-0.15, -0.1) is 0 Å². The van der Waals surface area contributed by atoms with Gasteiger partial charge in [0.15, 0.2) is 0 Å². The zero-order valence-electron chi connectivity index (χ0n) is 13.9. The SMILES string of the molecule is CCNS(=O)(=O)c1ccc(F)c(C(=O)ON2C(=O)c3ccccc3C2=O)c1. The van der Waals surface area contributed by atoms with Crippen LogP contribution in [-0.2, 0) is 14.9 Å². The standard InChI is InChI=1S/C17H13FN2O6S/c1-2-19-27(24,25)10-7-8-14(18)13(9-10)17(23)26-20-15(21)11-5-3-4-6-12(11)16(20)22/h3-9,19H,2H2,1H3. The highest BCUT2D eigenvalue weighted by Gasteiger charge is 2.39. The van der Waals surface area contributed by atoms with Gasteiger partial charge in [-0.1, -0.05) is 24.1 Å². The molecule has 1 N–H and O–H groups in total. The number of rotatable bonds is 5. The summed E-state index contributed by atoms with van der Waals surface area (Å²) >= 11 is 0. The van der Waals surface area contributed by atoms with E-state index >= 15 is 0 Å². The van der Waals surface area contributed by atoms with E-state index in [2.05, 4.69) is 4.72 Å². The molecule has 10 heteroatoms. The van der Waals surface area contributed by atoms with Gasteiger partial charge in [-0.05, 0) is 30.3 Å². The second kappa shape index (κ2) is 6.89. The lowest BCUT2D eigenvalue weighted by atomic mass is 10.1. The fourth-order valence-corrected chi connectivity index (χ4v) is 3.55. The van der Waals surface area contributed by atoms with Crippen LogP contribution < -0.4 is 4.72 Å². The third-order valence-corrected chi connectivity index (χ3v) is 5.28. The summed E-state index contributed by atoms with van der Waals surface area (Å²) < 4.78 is 40.2. The molecule has 140 valence electrons. The molecule has 0 radical (unpaired) electrons. The summed E-state index contributed by atoms with van der Waals surface area (Å²) in [7, 11) is -3.95. The summed E-state index contributed by atoms with van der Waals surface area (Å²) in [5.41, 5.74) is -0.649. The molecular weight excluding hydrogens is 379 g/mol. The van der Waals surface area contributed by atoms with Crippen molar-refractivity contribution in [2.75, 3.05) is 6.54 Å². The number of hydrogen-bond acceptors (Lipinski definition) is 6. The topological polar surface area (TPSA) is 110 Å². The zero-order valence-corrected chi connectivity index (χ0v) is 14.7. The Labute approximate surface area is 153 Å². The summed E-state index contributed by atoms with van der Waals surface area (Å²) in [4.78, 5) is 41.1. The van der Waals surface area contributed by atoms with Gasteiger partial charge in [-0.25, -0.2) is 22.3 Å². The van der Waals surface area contributed by atoms with Crippen molar-refractivity contribution in [2.45, 2.75) is 11.8 Å². The van der Waals surface area contributed by atoms with Crippen molar-refractivity contribution >= 4 is 27.8 Å². The fourth-order valence-electron chi connectivity index (χ4n) is 2.48. The van der Waals surface area contributed by atoms with E-state index in [4.69, 9.17) is 4.84 Å². The molecule has 0 unspecified atom stereocenters. The van der Waals surface area contributed by atoms with E-state index in [1.165, 1.54) is 24.3 Å². The molecule has 2 amide bonds. The highest BCUT2D eigenvalue weighted by Crippen LogP contribution is 2.24. The van der Waals surface area contributed by atoms with E-state index in [1.54, 1.807) is 6.92 Å². The normalized spacial score (nSPS) is 13.6. The molecule has 1 aliphatic rings. The Balaban J connectivity index is 1.90. The summed E-state index contributed by atoms with van der Waals surface area (Å²) in [5.74, 6) is -4.19. The number of sulfonamides is 1. The first-order valence-electron chi connectivity index (χ1n) is 7.75. The lowest BCUT2D eigenvalue weighted by Crippen LogP contribution is -2.33. The number of halogens is 1. The number of amides is 2. The Morgan fingerprint density at radius 3 is 2.26 bits per heavy atom. The summed E-state index contributed by atoms with van der Waals surface area (Å²) in [6, 6.07) is 8.36. The van der Waals surface area contributed by atoms with E-state index in [-0.39, 0.29) is 27.6 Å². The molecule has 0 atom stereocenters. The van der Waals surface area contributed by atoms with Crippen LogP contribution in [0.5, 0.6) is 0 Å². The van der Waals surface area contributed by atoms with Crippen molar-refractivity contribution in [2.24, 2.45) is 0 Å². The van der Waals surface area contributed by atoms with E-state index < -0.39 is 39.2 Å². The fraction of sp³-hybridized carbons (Fsp3) is 0.118. The third-order valence-electron chi connectivity index (χ3n) is 3.73. The number of fused-ring (bicyclic) bond motifs is 1. The maximum absolute atomic E-state index is 14.0. The van der Waals surface area contributed by atoms with Gasteiger partial charge >= 0.3 is 5.97 Å². The largest absolute Gasteiger partial charge is 0.366 e. The zero-order chi connectivity index (χ0) is 19.8. The van der Waals surface area contributed by atoms with Gasteiger partial charge < -0.3 is 4.84 Å². The average molecular weight is 392 g/mol. The molecule has 0 bridgehead atoms.